The third-order valence-electron chi connectivity index (χ3n) is 5.86. The van der Waals surface area contributed by atoms with Crippen molar-refractivity contribution in [2.45, 2.75) is 19.3 Å². The van der Waals surface area contributed by atoms with Crippen LogP contribution in [-0.2, 0) is 0 Å². The van der Waals surface area contributed by atoms with Crippen molar-refractivity contribution in [1.82, 2.24) is 14.9 Å². The van der Waals surface area contributed by atoms with Crippen LogP contribution < -0.4 is 4.74 Å². The number of nitrogens with zero attached hydrogens (tertiary/aromatic N) is 4. The largest absolute Gasteiger partial charge is 0.478 e. The number of carbonyl (C=O) groups excluding carboxylic acids is 1. The van der Waals surface area contributed by atoms with Crippen LogP contribution in [0, 0.1) is 24.2 Å². The topological polar surface area (TPSA) is 79.1 Å². The average Bonchev–Trinajstić information content (AvgIpc) is 3.25. The smallest absolute Gasteiger partial charge is 0.255 e. The van der Waals surface area contributed by atoms with Crippen LogP contribution in [0.3, 0.4) is 0 Å². The van der Waals surface area contributed by atoms with Crippen molar-refractivity contribution in [2.75, 3.05) is 19.7 Å². The molecule has 0 aliphatic carbocycles. The van der Waals surface area contributed by atoms with Crippen LogP contribution in [0.1, 0.15) is 39.5 Å². The Kier molecular flexibility index (Phi) is 7.12. The van der Waals surface area contributed by atoms with E-state index in [1.165, 1.54) is 6.20 Å². The van der Waals surface area contributed by atoms with Gasteiger partial charge in [0.25, 0.3) is 5.91 Å². The molecule has 2 atom stereocenters. The van der Waals surface area contributed by atoms with E-state index in [4.69, 9.17) is 33.2 Å². The monoisotopic (exact) mass is 480 g/mol. The van der Waals surface area contributed by atoms with Gasteiger partial charge in [0, 0.05) is 43.2 Å². The predicted octanol–water partition coefficient (Wildman–Crippen LogP) is 5.29. The molecule has 0 radical (unpaired) electrons. The fourth-order valence-electron chi connectivity index (χ4n) is 4.07. The maximum Gasteiger partial charge on any atom is 0.255 e. The van der Waals surface area contributed by atoms with Crippen molar-refractivity contribution in [3.8, 4) is 11.9 Å². The van der Waals surface area contributed by atoms with Gasteiger partial charge in [-0.3, -0.25) is 9.78 Å². The molecule has 1 aliphatic heterocycles. The molecule has 4 rings (SSSR count). The number of carbonyl (C=O) groups is 1. The predicted molar refractivity (Wildman–Crippen MR) is 127 cm³/mol. The zero-order valence-corrected chi connectivity index (χ0v) is 19.6. The number of rotatable bonds is 6. The summed E-state index contributed by atoms with van der Waals surface area (Å²) >= 11 is 12.4. The van der Waals surface area contributed by atoms with Gasteiger partial charge in [0.1, 0.15) is 6.07 Å². The van der Waals surface area contributed by atoms with Gasteiger partial charge in [-0.2, -0.15) is 5.26 Å². The van der Waals surface area contributed by atoms with Gasteiger partial charge in [0.15, 0.2) is 0 Å². The van der Waals surface area contributed by atoms with Crippen molar-refractivity contribution < 1.29 is 9.53 Å². The molecule has 1 saturated heterocycles. The number of aromatic nitrogens is 2. The van der Waals surface area contributed by atoms with Crippen LogP contribution in [0.5, 0.6) is 5.88 Å². The number of likely N-dealkylation sites (tertiary alicyclic amines) is 1. The highest BCUT2D eigenvalue weighted by Crippen LogP contribution is 2.37. The van der Waals surface area contributed by atoms with Crippen molar-refractivity contribution in [1.29, 1.82) is 5.26 Å². The highest BCUT2D eigenvalue weighted by molar-refractivity contribution is 6.42. The number of ether oxygens (including phenoxy) is 1. The van der Waals surface area contributed by atoms with Crippen molar-refractivity contribution in [3.05, 3.63) is 87.3 Å². The fourth-order valence-corrected chi connectivity index (χ4v) is 4.38. The molecule has 0 saturated carbocycles. The summed E-state index contributed by atoms with van der Waals surface area (Å²) in [6.07, 6.45) is 3.83. The summed E-state index contributed by atoms with van der Waals surface area (Å²) in [4.78, 5) is 23.4. The quantitative estimate of drug-likeness (QED) is 0.478. The highest BCUT2D eigenvalue weighted by atomic mass is 35.5. The van der Waals surface area contributed by atoms with Crippen LogP contribution in [0.2, 0.25) is 10.0 Å². The molecular weight excluding hydrogens is 459 g/mol. The number of benzene rings is 1. The summed E-state index contributed by atoms with van der Waals surface area (Å²) in [7, 11) is 0. The van der Waals surface area contributed by atoms with E-state index in [2.05, 4.69) is 9.97 Å². The van der Waals surface area contributed by atoms with Gasteiger partial charge in [0.05, 0.1) is 27.8 Å². The van der Waals surface area contributed by atoms with Gasteiger partial charge >= 0.3 is 0 Å². The highest BCUT2D eigenvalue weighted by Gasteiger charge is 2.36. The van der Waals surface area contributed by atoms with Gasteiger partial charge in [0.2, 0.25) is 5.88 Å². The lowest BCUT2D eigenvalue weighted by Crippen LogP contribution is -2.29. The third kappa shape index (κ3) is 5.44. The second-order valence-corrected chi connectivity index (χ2v) is 8.89. The molecule has 6 nitrogen and oxygen atoms in total. The lowest BCUT2D eigenvalue weighted by molar-refractivity contribution is 0.0784. The Balaban J connectivity index is 1.49. The number of hydrogen-bond acceptors (Lipinski definition) is 5. The van der Waals surface area contributed by atoms with E-state index in [1.807, 2.05) is 42.2 Å². The van der Waals surface area contributed by atoms with E-state index in [9.17, 15) is 4.79 Å². The SMILES string of the molecule is Cc1ccc(C(=O)N2CC(CCOc3ccc(C#N)cn3)C(c3ccc(Cl)c(Cl)c3)C2)cn1. The molecular formula is C25H22Cl2N4O2. The van der Waals surface area contributed by atoms with E-state index in [1.54, 1.807) is 24.4 Å². The molecule has 0 bridgehead atoms. The Bertz CT molecular complexity index is 1180. The molecule has 3 aromatic rings. The molecule has 1 aromatic carbocycles. The molecule has 33 heavy (non-hydrogen) atoms. The lowest BCUT2D eigenvalue weighted by atomic mass is 9.87. The normalized spacial score (nSPS) is 17.6. The van der Waals surface area contributed by atoms with E-state index >= 15 is 0 Å². The second-order valence-electron chi connectivity index (χ2n) is 8.07. The van der Waals surface area contributed by atoms with Gasteiger partial charge < -0.3 is 9.64 Å². The molecule has 2 aromatic heterocycles. The summed E-state index contributed by atoms with van der Waals surface area (Å²) in [5.41, 5.74) is 2.97. The van der Waals surface area contributed by atoms with Gasteiger partial charge in [-0.05, 0) is 55.2 Å². The first-order valence-electron chi connectivity index (χ1n) is 10.6. The van der Waals surface area contributed by atoms with Crippen molar-refractivity contribution in [2.24, 2.45) is 5.92 Å². The van der Waals surface area contributed by atoms with Crippen LogP contribution in [0.4, 0.5) is 0 Å². The summed E-state index contributed by atoms with van der Waals surface area (Å²) in [5, 5.41) is 9.91. The molecule has 0 N–H and O–H groups in total. The van der Waals surface area contributed by atoms with Crippen LogP contribution in [0.15, 0.2) is 54.9 Å². The maximum absolute atomic E-state index is 13.1. The Hall–Kier alpha value is -3.14. The number of nitriles is 1. The molecule has 168 valence electrons. The third-order valence-corrected chi connectivity index (χ3v) is 6.60. The first-order chi connectivity index (χ1) is 15.9. The van der Waals surface area contributed by atoms with Crippen LogP contribution >= 0.6 is 23.2 Å². The molecule has 8 heteroatoms. The minimum atomic E-state index is -0.0373. The second kappa shape index (κ2) is 10.2. The van der Waals surface area contributed by atoms with Gasteiger partial charge in [-0.25, -0.2) is 4.98 Å². The summed E-state index contributed by atoms with van der Waals surface area (Å²) in [6, 6.07) is 14.7. The van der Waals surface area contributed by atoms with E-state index in [-0.39, 0.29) is 17.7 Å². The standard InChI is InChI=1S/C25H22Cl2N4O2/c1-16-2-4-19(13-29-16)25(32)31-14-20(8-9-33-24-7-3-17(11-28)12-30-24)21(15-31)18-5-6-22(26)23(27)10-18/h2-7,10,12-13,20-21H,8-9,14-15H2,1H3. The zero-order chi connectivity index (χ0) is 23.4. The Morgan fingerprint density at radius 3 is 2.64 bits per heavy atom. The van der Waals surface area contributed by atoms with E-state index in [0.717, 1.165) is 17.7 Å². The molecule has 1 amide bonds. The maximum atomic E-state index is 13.1. The fraction of sp³-hybridized carbons (Fsp3) is 0.280. The Morgan fingerprint density at radius 2 is 1.97 bits per heavy atom. The number of aryl methyl sites for hydroxylation is 1. The van der Waals surface area contributed by atoms with Gasteiger partial charge in [-0.1, -0.05) is 29.3 Å². The molecule has 1 aliphatic rings. The zero-order valence-electron chi connectivity index (χ0n) is 18.0. The summed E-state index contributed by atoms with van der Waals surface area (Å²) in [5.74, 6) is 0.698. The Labute approximate surface area is 202 Å². The molecule has 0 spiro atoms. The number of halogens is 2. The summed E-state index contributed by atoms with van der Waals surface area (Å²) < 4.78 is 5.81. The van der Waals surface area contributed by atoms with E-state index < -0.39 is 0 Å². The lowest BCUT2D eigenvalue weighted by Gasteiger charge is -2.19. The first-order valence-corrected chi connectivity index (χ1v) is 11.4. The first kappa shape index (κ1) is 23.0. The number of amides is 1. The number of hydrogen-bond donors (Lipinski definition) is 0. The molecule has 3 heterocycles. The van der Waals surface area contributed by atoms with Crippen molar-refractivity contribution >= 4 is 29.1 Å². The average molecular weight is 481 g/mol. The van der Waals surface area contributed by atoms with E-state index in [0.29, 0.717) is 46.7 Å². The molecule has 2 unspecified atom stereocenters. The van der Waals surface area contributed by atoms with Crippen LogP contribution in [0.25, 0.3) is 0 Å². The van der Waals surface area contributed by atoms with Crippen molar-refractivity contribution in [3.63, 3.8) is 0 Å². The minimum Gasteiger partial charge on any atom is -0.478 e. The summed E-state index contributed by atoms with van der Waals surface area (Å²) in [6.45, 7) is 3.50. The Morgan fingerprint density at radius 1 is 1.12 bits per heavy atom. The minimum absolute atomic E-state index is 0.0373. The number of pyridine rings is 2. The molecule has 1 fully saturated rings. The van der Waals surface area contributed by atoms with Crippen LogP contribution in [-0.4, -0.2) is 40.5 Å². The van der Waals surface area contributed by atoms with Gasteiger partial charge in [-0.15, -0.1) is 0 Å².